The summed E-state index contributed by atoms with van der Waals surface area (Å²) in [4.78, 5) is 37.1. The van der Waals surface area contributed by atoms with Gasteiger partial charge < -0.3 is 29.2 Å². The molecule has 0 spiro atoms. The van der Waals surface area contributed by atoms with E-state index in [2.05, 4.69) is 0 Å². The lowest BCUT2D eigenvalue weighted by Gasteiger charge is -2.19. The van der Waals surface area contributed by atoms with E-state index in [1.165, 1.54) is 13.0 Å². The van der Waals surface area contributed by atoms with Crippen LogP contribution < -0.4 is 9.47 Å². The van der Waals surface area contributed by atoms with Crippen LogP contribution in [0.2, 0.25) is 0 Å². The van der Waals surface area contributed by atoms with Crippen molar-refractivity contribution in [3.63, 3.8) is 0 Å². The van der Waals surface area contributed by atoms with Crippen LogP contribution in [0.1, 0.15) is 61.6 Å². The number of phenols is 2. The van der Waals surface area contributed by atoms with Gasteiger partial charge in [0.15, 0.2) is 23.5 Å². The lowest BCUT2D eigenvalue weighted by Crippen LogP contribution is -2.13. The number of hydrogen-bond acceptors (Lipinski definition) is 9. The number of rotatable bonds is 6. The van der Waals surface area contributed by atoms with Crippen LogP contribution in [0.4, 0.5) is 0 Å². The van der Waals surface area contributed by atoms with Gasteiger partial charge in [-0.2, -0.15) is 0 Å². The summed E-state index contributed by atoms with van der Waals surface area (Å²) in [6.45, 7) is 6.54. The standard InChI is InChI=1S/C22H22O9/c1-5-28-9-13-17(25)16(21(26)29-6-2)11(4)18-20(13)31-22(27)15-10(3)7-14(24)12(8-23)19(15)30-18/h7-8,24-25H,5-6,9H2,1-4H3. The predicted molar refractivity (Wildman–Crippen MR) is 107 cm³/mol. The molecule has 9 nitrogen and oxygen atoms in total. The second-order valence-corrected chi connectivity index (χ2v) is 6.78. The zero-order valence-corrected chi connectivity index (χ0v) is 17.5. The Labute approximate surface area is 178 Å². The summed E-state index contributed by atoms with van der Waals surface area (Å²) in [5, 5.41) is 21.0. The highest BCUT2D eigenvalue weighted by Gasteiger charge is 2.35. The van der Waals surface area contributed by atoms with Crippen molar-refractivity contribution >= 4 is 18.2 Å². The molecule has 0 bridgehead atoms. The van der Waals surface area contributed by atoms with Crippen LogP contribution in [-0.2, 0) is 16.1 Å². The molecule has 2 aromatic carbocycles. The summed E-state index contributed by atoms with van der Waals surface area (Å²) in [5.74, 6) is -2.92. The molecule has 164 valence electrons. The van der Waals surface area contributed by atoms with E-state index in [4.69, 9.17) is 18.9 Å². The minimum atomic E-state index is -0.852. The van der Waals surface area contributed by atoms with Crippen molar-refractivity contribution in [2.45, 2.75) is 34.3 Å². The van der Waals surface area contributed by atoms with Crippen LogP contribution >= 0.6 is 0 Å². The van der Waals surface area contributed by atoms with Crippen molar-refractivity contribution in [3.05, 3.63) is 39.4 Å². The fraction of sp³-hybridized carbons (Fsp3) is 0.318. The average molecular weight is 430 g/mol. The quantitative estimate of drug-likeness (QED) is 0.401. The summed E-state index contributed by atoms with van der Waals surface area (Å²) >= 11 is 0. The first-order chi connectivity index (χ1) is 14.8. The van der Waals surface area contributed by atoms with Gasteiger partial charge in [-0.3, -0.25) is 4.79 Å². The summed E-state index contributed by atoms with van der Waals surface area (Å²) in [6.07, 6.45) is 0.356. The highest BCUT2D eigenvalue weighted by molar-refractivity contribution is 6.03. The van der Waals surface area contributed by atoms with Crippen LogP contribution in [0.3, 0.4) is 0 Å². The van der Waals surface area contributed by atoms with Gasteiger partial charge >= 0.3 is 11.9 Å². The Kier molecular flexibility index (Phi) is 6.16. The maximum Gasteiger partial charge on any atom is 0.347 e. The number of carbonyl (C=O) groups excluding carboxylic acids is 3. The van der Waals surface area contributed by atoms with E-state index in [0.717, 1.165) is 0 Å². The predicted octanol–water partition coefficient (Wildman–Crippen LogP) is 3.57. The number of hydrogen-bond donors (Lipinski definition) is 2. The number of phenolic OH excluding ortho intramolecular Hbond substituents is 2. The molecule has 0 radical (unpaired) electrons. The van der Waals surface area contributed by atoms with Gasteiger partial charge in [-0.05, 0) is 39.3 Å². The largest absolute Gasteiger partial charge is 0.507 e. The van der Waals surface area contributed by atoms with E-state index >= 15 is 0 Å². The number of ether oxygens (including phenoxy) is 4. The molecule has 0 unspecified atom stereocenters. The molecule has 0 saturated carbocycles. The van der Waals surface area contributed by atoms with Gasteiger partial charge in [0.05, 0.1) is 24.3 Å². The van der Waals surface area contributed by atoms with E-state index in [9.17, 15) is 24.6 Å². The first kappa shape index (κ1) is 22.1. The Hall–Kier alpha value is -3.59. The molecule has 1 aliphatic heterocycles. The summed E-state index contributed by atoms with van der Waals surface area (Å²) in [7, 11) is 0. The van der Waals surface area contributed by atoms with Crippen molar-refractivity contribution in [2.75, 3.05) is 13.2 Å². The van der Waals surface area contributed by atoms with Gasteiger partial charge in [-0.1, -0.05) is 0 Å². The number of aromatic hydroxyl groups is 2. The Bertz CT molecular complexity index is 1090. The molecule has 0 saturated heterocycles. The smallest absolute Gasteiger partial charge is 0.347 e. The molecule has 9 heteroatoms. The highest BCUT2D eigenvalue weighted by Crippen LogP contribution is 2.50. The maximum absolute atomic E-state index is 12.9. The van der Waals surface area contributed by atoms with Crippen molar-refractivity contribution < 1.29 is 43.5 Å². The Balaban J connectivity index is 2.36. The van der Waals surface area contributed by atoms with Gasteiger partial charge in [0.25, 0.3) is 0 Å². The van der Waals surface area contributed by atoms with E-state index in [1.54, 1.807) is 20.8 Å². The lowest BCUT2D eigenvalue weighted by atomic mass is 10.00. The second-order valence-electron chi connectivity index (χ2n) is 6.78. The van der Waals surface area contributed by atoms with E-state index < -0.39 is 17.7 Å². The SMILES string of the molecule is CCOCc1c(O)c(C(=O)OCC)c(C)c2c1OC(=O)c1c(C)cc(O)c(C=O)c1O2. The second kappa shape index (κ2) is 8.65. The van der Waals surface area contributed by atoms with Crippen molar-refractivity contribution in [1.82, 2.24) is 0 Å². The minimum absolute atomic E-state index is 0.0150. The summed E-state index contributed by atoms with van der Waals surface area (Å²) in [6, 6.07) is 1.25. The van der Waals surface area contributed by atoms with Crippen molar-refractivity contribution in [2.24, 2.45) is 0 Å². The number of carbonyl (C=O) groups is 3. The van der Waals surface area contributed by atoms with E-state index in [0.29, 0.717) is 11.8 Å². The van der Waals surface area contributed by atoms with Crippen LogP contribution in [-0.4, -0.2) is 41.7 Å². The minimum Gasteiger partial charge on any atom is -0.507 e. The molecule has 0 atom stereocenters. The van der Waals surface area contributed by atoms with E-state index in [1.807, 2.05) is 0 Å². The normalized spacial score (nSPS) is 12.2. The monoisotopic (exact) mass is 430 g/mol. The Morgan fingerprint density at radius 2 is 1.81 bits per heavy atom. The van der Waals surface area contributed by atoms with Crippen molar-refractivity contribution in [1.29, 1.82) is 0 Å². The number of aldehydes is 1. The zero-order chi connectivity index (χ0) is 22.9. The first-order valence-electron chi connectivity index (χ1n) is 9.61. The molecule has 2 N–H and O–H groups in total. The average Bonchev–Trinajstić information content (AvgIpc) is 2.85. The fourth-order valence-corrected chi connectivity index (χ4v) is 3.38. The third-order valence-corrected chi connectivity index (χ3v) is 4.86. The lowest BCUT2D eigenvalue weighted by molar-refractivity contribution is 0.0520. The number of benzene rings is 2. The van der Waals surface area contributed by atoms with Gasteiger partial charge in [0.2, 0.25) is 0 Å². The van der Waals surface area contributed by atoms with Crippen LogP contribution in [0.25, 0.3) is 0 Å². The number of aryl methyl sites for hydroxylation is 1. The number of esters is 2. The molecular weight excluding hydrogens is 408 g/mol. The summed E-state index contributed by atoms with van der Waals surface area (Å²) < 4.78 is 21.9. The number of fused-ring (bicyclic) bond motifs is 2. The molecule has 1 heterocycles. The van der Waals surface area contributed by atoms with Gasteiger partial charge in [0, 0.05) is 12.2 Å². The molecule has 0 fully saturated rings. The van der Waals surface area contributed by atoms with E-state index in [-0.39, 0.29) is 70.6 Å². The Morgan fingerprint density at radius 3 is 2.42 bits per heavy atom. The van der Waals surface area contributed by atoms with Crippen LogP contribution in [0.15, 0.2) is 6.07 Å². The topological polar surface area (TPSA) is 129 Å². The highest BCUT2D eigenvalue weighted by atomic mass is 16.6. The molecule has 2 aromatic rings. The molecule has 0 aromatic heterocycles. The Morgan fingerprint density at radius 1 is 1.10 bits per heavy atom. The first-order valence-corrected chi connectivity index (χ1v) is 9.61. The molecule has 1 aliphatic rings. The molecule has 0 amide bonds. The molecule has 31 heavy (non-hydrogen) atoms. The third kappa shape index (κ3) is 3.68. The molecule has 0 aliphatic carbocycles. The van der Waals surface area contributed by atoms with Crippen LogP contribution in [0, 0.1) is 13.8 Å². The molecular formula is C22H22O9. The van der Waals surface area contributed by atoms with Gasteiger partial charge in [-0.15, -0.1) is 0 Å². The third-order valence-electron chi connectivity index (χ3n) is 4.86. The summed E-state index contributed by atoms with van der Waals surface area (Å²) in [5.41, 5.74) is -0.0306. The van der Waals surface area contributed by atoms with Gasteiger partial charge in [0.1, 0.15) is 22.6 Å². The van der Waals surface area contributed by atoms with Crippen LogP contribution in [0.5, 0.6) is 28.7 Å². The fourth-order valence-electron chi connectivity index (χ4n) is 3.38. The zero-order valence-electron chi connectivity index (χ0n) is 17.5. The van der Waals surface area contributed by atoms with Crippen molar-refractivity contribution in [3.8, 4) is 28.7 Å². The molecule has 3 rings (SSSR count). The maximum atomic E-state index is 12.9. The van der Waals surface area contributed by atoms with Gasteiger partial charge in [-0.25, -0.2) is 9.59 Å².